The van der Waals surface area contributed by atoms with Crippen LogP contribution in [0.1, 0.15) is 33.1 Å². The predicted molar refractivity (Wildman–Crippen MR) is 64.5 cm³/mol. The fraction of sp³-hybridized carbons (Fsp3) is 0.909. The molecule has 0 aromatic rings. The Hall–Kier alpha value is -0.220. The molecule has 1 aliphatic rings. The van der Waals surface area contributed by atoms with E-state index in [-0.39, 0.29) is 0 Å². The molecule has 0 saturated carbocycles. The van der Waals surface area contributed by atoms with Gasteiger partial charge in [0.2, 0.25) is 0 Å². The summed E-state index contributed by atoms with van der Waals surface area (Å²) in [5.74, 6) is 1.56. The van der Waals surface area contributed by atoms with E-state index in [4.69, 9.17) is 0 Å². The molecule has 15 heavy (non-hydrogen) atoms. The van der Waals surface area contributed by atoms with Crippen LogP contribution < -0.4 is 0 Å². The van der Waals surface area contributed by atoms with Gasteiger partial charge < -0.3 is 5.11 Å². The third kappa shape index (κ3) is 3.11. The molecule has 1 saturated heterocycles. The smallest absolute Gasteiger partial charge is 0.323 e. The van der Waals surface area contributed by atoms with Crippen LogP contribution in [0.3, 0.4) is 0 Å². The Morgan fingerprint density at radius 2 is 2.20 bits per heavy atom. The van der Waals surface area contributed by atoms with E-state index in [0.29, 0.717) is 0 Å². The van der Waals surface area contributed by atoms with E-state index in [2.05, 4.69) is 4.90 Å². The lowest BCUT2D eigenvalue weighted by atomic mass is 9.93. The molecule has 1 atom stereocenters. The summed E-state index contributed by atoms with van der Waals surface area (Å²) in [6, 6.07) is 0. The molecule has 0 amide bonds. The maximum Gasteiger partial charge on any atom is 0.323 e. The number of rotatable bonds is 4. The van der Waals surface area contributed by atoms with Gasteiger partial charge in [-0.3, -0.25) is 9.69 Å². The van der Waals surface area contributed by atoms with Crippen LogP contribution in [0.4, 0.5) is 0 Å². The number of hydrogen-bond donors (Lipinski definition) is 1. The Morgan fingerprint density at radius 3 is 2.80 bits per heavy atom. The Bertz CT molecular complexity index is 215. The van der Waals surface area contributed by atoms with Crippen molar-refractivity contribution in [2.45, 2.75) is 38.6 Å². The van der Waals surface area contributed by atoms with E-state index in [1.165, 1.54) is 5.75 Å². The van der Waals surface area contributed by atoms with E-state index < -0.39 is 11.5 Å². The van der Waals surface area contributed by atoms with Gasteiger partial charge in [-0.05, 0) is 25.5 Å². The first-order valence-electron chi connectivity index (χ1n) is 5.67. The highest BCUT2D eigenvalue weighted by Crippen LogP contribution is 2.24. The average molecular weight is 231 g/mol. The average Bonchev–Trinajstić information content (AvgIpc) is 2.45. The van der Waals surface area contributed by atoms with Gasteiger partial charge in [-0.25, -0.2) is 0 Å². The van der Waals surface area contributed by atoms with E-state index in [1.807, 2.05) is 25.6 Å². The summed E-state index contributed by atoms with van der Waals surface area (Å²) in [4.78, 5) is 13.5. The first-order chi connectivity index (χ1) is 7.11. The summed E-state index contributed by atoms with van der Waals surface area (Å²) in [5.41, 5.74) is -0.653. The van der Waals surface area contributed by atoms with Crippen LogP contribution in [0.15, 0.2) is 0 Å². The molecule has 0 aliphatic carbocycles. The molecule has 4 heteroatoms. The summed E-state index contributed by atoms with van der Waals surface area (Å²) < 4.78 is 0. The monoisotopic (exact) mass is 231 g/mol. The van der Waals surface area contributed by atoms with Crippen molar-refractivity contribution in [3.8, 4) is 0 Å². The number of nitrogens with zero attached hydrogens (tertiary/aromatic N) is 1. The van der Waals surface area contributed by atoms with Gasteiger partial charge in [-0.1, -0.05) is 13.3 Å². The van der Waals surface area contributed by atoms with Gasteiger partial charge in [0.15, 0.2) is 0 Å². The quantitative estimate of drug-likeness (QED) is 0.804. The van der Waals surface area contributed by atoms with E-state index in [1.54, 1.807) is 0 Å². The normalized spacial score (nSPS) is 23.1. The van der Waals surface area contributed by atoms with Crippen LogP contribution >= 0.6 is 11.8 Å². The van der Waals surface area contributed by atoms with Crippen LogP contribution in [-0.2, 0) is 4.79 Å². The Morgan fingerprint density at radius 1 is 1.47 bits per heavy atom. The molecule has 1 heterocycles. The van der Waals surface area contributed by atoms with Crippen LogP contribution in [0.2, 0.25) is 0 Å². The zero-order valence-electron chi connectivity index (χ0n) is 9.66. The summed E-state index contributed by atoms with van der Waals surface area (Å²) in [7, 11) is 0. The van der Waals surface area contributed by atoms with Gasteiger partial charge in [0.05, 0.1) is 0 Å². The molecule has 1 N–H and O–H groups in total. The molecule has 88 valence electrons. The second-order valence-electron chi connectivity index (χ2n) is 4.28. The topological polar surface area (TPSA) is 40.5 Å². The number of carbonyl (C=O) groups is 1. The van der Waals surface area contributed by atoms with Crippen molar-refractivity contribution in [2.24, 2.45) is 0 Å². The van der Waals surface area contributed by atoms with Crippen molar-refractivity contribution in [2.75, 3.05) is 24.6 Å². The number of hydrogen-bond acceptors (Lipinski definition) is 3. The summed E-state index contributed by atoms with van der Waals surface area (Å²) >= 11 is 1.93. The Balaban J connectivity index is 2.72. The molecule has 0 aromatic carbocycles. The molecule has 0 radical (unpaired) electrons. The maximum absolute atomic E-state index is 11.4. The number of carboxylic acid groups (broad SMARTS) is 1. The lowest BCUT2D eigenvalue weighted by molar-refractivity contribution is -0.151. The highest BCUT2D eigenvalue weighted by molar-refractivity contribution is 7.99. The first-order valence-corrected chi connectivity index (χ1v) is 6.83. The number of aliphatic carboxylic acids is 1. The number of carboxylic acids is 1. The van der Waals surface area contributed by atoms with E-state index in [9.17, 15) is 9.90 Å². The van der Waals surface area contributed by atoms with Gasteiger partial charge >= 0.3 is 5.97 Å². The standard InChI is InChI=1S/C11H21NO2S/c1-3-5-11(2,10(13)14)12-6-4-8-15-9-7-12/h3-9H2,1-2H3,(H,13,14). The zero-order valence-corrected chi connectivity index (χ0v) is 10.5. The second kappa shape index (κ2) is 5.75. The molecule has 1 unspecified atom stereocenters. The van der Waals surface area contributed by atoms with Crippen LogP contribution in [0.5, 0.6) is 0 Å². The van der Waals surface area contributed by atoms with Crippen LogP contribution in [-0.4, -0.2) is 46.1 Å². The summed E-state index contributed by atoms with van der Waals surface area (Å²) in [5, 5.41) is 9.36. The highest BCUT2D eigenvalue weighted by atomic mass is 32.2. The lowest BCUT2D eigenvalue weighted by Gasteiger charge is -2.37. The van der Waals surface area contributed by atoms with E-state index >= 15 is 0 Å². The van der Waals surface area contributed by atoms with Crippen molar-refractivity contribution in [1.82, 2.24) is 4.90 Å². The SMILES string of the molecule is CCCC(C)(C(=O)O)N1CCCSCC1. The van der Waals surface area contributed by atoms with Gasteiger partial charge in [0.25, 0.3) is 0 Å². The molecule has 0 bridgehead atoms. The maximum atomic E-state index is 11.4. The second-order valence-corrected chi connectivity index (χ2v) is 5.51. The fourth-order valence-electron chi connectivity index (χ4n) is 2.13. The predicted octanol–water partition coefficient (Wildman–Crippen LogP) is 2.07. The lowest BCUT2D eigenvalue weighted by Crippen LogP contribution is -2.53. The van der Waals surface area contributed by atoms with E-state index in [0.717, 1.165) is 38.1 Å². The molecule has 1 rings (SSSR count). The zero-order chi connectivity index (χ0) is 11.3. The molecular weight excluding hydrogens is 210 g/mol. The minimum atomic E-state index is -0.670. The van der Waals surface area contributed by atoms with Crippen LogP contribution in [0, 0.1) is 0 Å². The van der Waals surface area contributed by atoms with Gasteiger partial charge in [-0.15, -0.1) is 0 Å². The molecule has 1 fully saturated rings. The fourth-order valence-corrected chi connectivity index (χ4v) is 3.01. The first kappa shape index (κ1) is 12.8. The number of thioether (sulfide) groups is 1. The Kier molecular flexibility index (Phi) is 4.93. The molecule has 0 aromatic heterocycles. The minimum Gasteiger partial charge on any atom is -0.480 e. The van der Waals surface area contributed by atoms with Crippen molar-refractivity contribution in [3.05, 3.63) is 0 Å². The summed E-state index contributed by atoms with van der Waals surface area (Å²) in [6.07, 6.45) is 2.77. The third-order valence-electron chi connectivity index (χ3n) is 3.12. The van der Waals surface area contributed by atoms with Crippen molar-refractivity contribution < 1.29 is 9.90 Å². The van der Waals surface area contributed by atoms with Gasteiger partial charge in [0, 0.05) is 18.8 Å². The largest absolute Gasteiger partial charge is 0.480 e. The Labute approximate surface area is 96.2 Å². The molecule has 0 spiro atoms. The van der Waals surface area contributed by atoms with Crippen molar-refractivity contribution >= 4 is 17.7 Å². The summed E-state index contributed by atoms with van der Waals surface area (Å²) in [6.45, 7) is 5.76. The van der Waals surface area contributed by atoms with Crippen molar-refractivity contribution in [1.29, 1.82) is 0 Å². The van der Waals surface area contributed by atoms with Crippen LogP contribution in [0.25, 0.3) is 0 Å². The molecule has 1 aliphatic heterocycles. The molecule has 3 nitrogen and oxygen atoms in total. The highest BCUT2D eigenvalue weighted by Gasteiger charge is 2.38. The van der Waals surface area contributed by atoms with Crippen molar-refractivity contribution in [3.63, 3.8) is 0 Å². The molecular formula is C11H21NO2S. The minimum absolute atomic E-state index is 0.653. The van der Waals surface area contributed by atoms with Gasteiger partial charge in [-0.2, -0.15) is 11.8 Å². The third-order valence-corrected chi connectivity index (χ3v) is 4.17. The van der Waals surface area contributed by atoms with Gasteiger partial charge in [0.1, 0.15) is 5.54 Å².